The summed E-state index contributed by atoms with van der Waals surface area (Å²) in [7, 11) is 0. The molecule has 2 atom stereocenters. The van der Waals surface area contributed by atoms with E-state index in [0.717, 1.165) is 13.0 Å². The Kier molecular flexibility index (Phi) is 3.47. The minimum absolute atomic E-state index is 0.411. The van der Waals surface area contributed by atoms with Crippen molar-refractivity contribution in [2.24, 2.45) is 0 Å². The minimum atomic E-state index is 0.411. The molecule has 1 heterocycles. The zero-order chi connectivity index (χ0) is 13.1. The molecule has 0 amide bonds. The van der Waals surface area contributed by atoms with Gasteiger partial charge in [-0.2, -0.15) is 0 Å². The summed E-state index contributed by atoms with van der Waals surface area (Å²) < 4.78 is 0. The SMILES string of the molecule is C=CC[C@@H]1NC[C@@H](c2ccccc2)c2ccccc21. The van der Waals surface area contributed by atoms with E-state index < -0.39 is 0 Å². The molecule has 0 radical (unpaired) electrons. The van der Waals surface area contributed by atoms with Crippen molar-refractivity contribution in [3.05, 3.63) is 83.9 Å². The number of rotatable bonds is 3. The third-order valence-corrected chi connectivity index (χ3v) is 3.92. The molecule has 0 aromatic heterocycles. The average molecular weight is 249 g/mol. The van der Waals surface area contributed by atoms with Crippen LogP contribution >= 0.6 is 0 Å². The molecule has 1 N–H and O–H groups in total. The molecule has 0 bridgehead atoms. The maximum atomic E-state index is 3.86. The summed E-state index contributed by atoms with van der Waals surface area (Å²) in [6.45, 7) is 4.86. The van der Waals surface area contributed by atoms with Crippen molar-refractivity contribution in [2.75, 3.05) is 6.54 Å². The predicted molar refractivity (Wildman–Crippen MR) is 80.3 cm³/mol. The molecule has 2 aromatic rings. The molecule has 0 spiro atoms. The van der Waals surface area contributed by atoms with Crippen molar-refractivity contribution < 1.29 is 0 Å². The Morgan fingerprint density at radius 1 is 1.00 bits per heavy atom. The molecular weight excluding hydrogens is 230 g/mol. The first-order valence-corrected chi connectivity index (χ1v) is 6.88. The molecule has 1 aliphatic heterocycles. The minimum Gasteiger partial charge on any atom is -0.309 e. The molecule has 1 nitrogen and oxygen atoms in total. The van der Waals surface area contributed by atoms with E-state index in [1.165, 1.54) is 16.7 Å². The number of hydrogen-bond acceptors (Lipinski definition) is 1. The van der Waals surface area contributed by atoms with Gasteiger partial charge in [-0.1, -0.05) is 60.7 Å². The lowest BCUT2D eigenvalue weighted by Crippen LogP contribution is -2.33. The average Bonchev–Trinajstić information content (AvgIpc) is 2.49. The van der Waals surface area contributed by atoms with Crippen molar-refractivity contribution in [2.45, 2.75) is 18.4 Å². The van der Waals surface area contributed by atoms with Crippen molar-refractivity contribution >= 4 is 0 Å². The van der Waals surface area contributed by atoms with Gasteiger partial charge >= 0.3 is 0 Å². The summed E-state index contributed by atoms with van der Waals surface area (Å²) in [6.07, 6.45) is 2.98. The zero-order valence-corrected chi connectivity index (χ0v) is 11.0. The van der Waals surface area contributed by atoms with Gasteiger partial charge in [0.25, 0.3) is 0 Å². The van der Waals surface area contributed by atoms with E-state index in [-0.39, 0.29) is 0 Å². The van der Waals surface area contributed by atoms with Gasteiger partial charge in [0.1, 0.15) is 0 Å². The van der Waals surface area contributed by atoms with Crippen LogP contribution in [0.15, 0.2) is 67.3 Å². The summed E-state index contributed by atoms with van der Waals surface area (Å²) >= 11 is 0. The van der Waals surface area contributed by atoms with Crippen LogP contribution in [-0.4, -0.2) is 6.54 Å². The summed E-state index contributed by atoms with van der Waals surface area (Å²) in [6, 6.07) is 19.9. The second-order valence-electron chi connectivity index (χ2n) is 5.08. The van der Waals surface area contributed by atoms with Crippen molar-refractivity contribution in [3.8, 4) is 0 Å². The topological polar surface area (TPSA) is 12.0 Å². The lowest BCUT2D eigenvalue weighted by molar-refractivity contribution is 0.482. The number of nitrogens with one attached hydrogen (secondary N) is 1. The van der Waals surface area contributed by atoms with Crippen LogP contribution in [0.2, 0.25) is 0 Å². The molecule has 96 valence electrons. The van der Waals surface area contributed by atoms with Gasteiger partial charge in [0.15, 0.2) is 0 Å². The molecule has 1 aliphatic rings. The van der Waals surface area contributed by atoms with Crippen LogP contribution in [0, 0.1) is 0 Å². The second-order valence-corrected chi connectivity index (χ2v) is 5.08. The van der Waals surface area contributed by atoms with Gasteiger partial charge in [-0.15, -0.1) is 6.58 Å². The largest absolute Gasteiger partial charge is 0.309 e. The molecule has 3 rings (SSSR count). The van der Waals surface area contributed by atoms with Crippen molar-refractivity contribution in [1.82, 2.24) is 5.32 Å². The van der Waals surface area contributed by atoms with E-state index in [2.05, 4.69) is 66.5 Å². The van der Waals surface area contributed by atoms with E-state index in [0.29, 0.717) is 12.0 Å². The fourth-order valence-electron chi connectivity index (χ4n) is 2.99. The van der Waals surface area contributed by atoms with E-state index in [1.54, 1.807) is 0 Å². The summed E-state index contributed by atoms with van der Waals surface area (Å²) in [4.78, 5) is 0. The van der Waals surface area contributed by atoms with Gasteiger partial charge in [-0.05, 0) is 23.1 Å². The van der Waals surface area contributed by atoms with Gasteiger partial charge in [0.05, 0.1) is 0 Å². The van der Waals surface area contributed by atoms with E-state index in [1.807, 2.05) is 6.08 Å². The number of fused-ring (bicyclic) bond motifs is 1. The van der Waals surface area contributed by atoms with Gasteiger partial charge in [-0.3, -0.25) is 0 Å². The summed E-state index contributed by atoms with van der Waals surface area (Å²) in [5.74, 6) is 0.457. The monoisotopic (exact) mass is 249 g/mol. The number of benzene rings is 2. The molecule has 0 fully saturated rings. The molecule has 2 aromatic carbocycles. The first-order valence-electron chi connectivity index (χ1n) is 6.88. The predicted octanol–water partition coefficient (Wildman–Crippen LogP) is 4.04. The van der Waals surface area contributed by atoms with Crippen molar-refractivity contribution in [1.29, 1.82) is 0 Å². The third-order valence-electron chi connectivity index (χ3n) is 3.92. The first-order chi connectivity index (χ1) is 9.40. The normalized spacial score (nSPS) is 21.7. The Hall–Kier alpha value is -1.86. The molecule has 19 heavy (non-hydrogen) atoms. The number of hydrogen-bond donors (Lipinski definition) is 1. The van der Waals surface area contributed by atoms with E-state index >= 15 is 0 Å². The molecule has 0 aliphatic carbocycles. The molecule has 0 unspecified atom stereocenters. The lowest BCUT2D eigenvalue weighted by atomic mass is 9.82. The quantitative estimate of drug-likeness (QED) is 0.810. The van der Waals surface area contributed by atoms with Crippen LogP contribution in [0.25, 0.3) is 0 Å². The van der Waals surface area contributed by atoms with Crippen LogP contribution in [0.1, 0.15) is 35.1 Å². The summed E-state index contributed by atoms with van der Waals surface area (Å²) in [5.41, 5.74) is 4.27. The Morgan fingerprint density at radius 3 is 2.42 bits per heavy atom. The van der Waals surface area contributed by atoms with Crippen LogP contribution in [-0.2, 0) is 0 Å². The fourth-order valence-corrected chi connectivity index (χ4v) is 2.99. The maximum Gasteiger partial charge on any atom is 0.0358 e. The van der Waals surface area contributed by atoms with E-state index in [4.69, 9.17) is 0 Å². The fraction of sp³-hybridized carbons (Fsp3) is 0.222. The maximum absolute atomic E-state index is 3.86. The van der Waals surface area contributed by atoms with Gasteiger partial charge in [0, 0.05) is 18.5 Å². The van der Waals surface area contributed by atoms with Crippen molar-refractivity contribution in [3.63, 3.8) is 0 Å². The first kappa shape index (κ1) is 12.2. The molecule has 0 saturated heterocycles. The van der Waals surface area contributed by atoms with Crippen LogP contribution in [0.3, 0.4) is 0 Å². The highest BCUT2D eigenvalue weighted by molar-refractivity contribution is 5.42. The highest BCUT2D eigenvalue weighted by Gasteiger charge is 2.26. The highest BCUT2D eigenvalue weighted by Crippen LogP contribution is 2.35. The smallest absolute Gasteiger partial charge is 0.0358 e. The van der Waals surface area contributed by atoms with Crippen LogP contribution in [0.4, 0.5) is 0 Å². The van der Waals surface area contributed by atoms with Gasteiger partial charge < -0.3 is 5.32 Å². The van der Waals surface area contributed by atoms with Gasteiger partial charge in [0.2, 0.25) is 0 Å². The second kappa shape index (κ2) is 5.41. The molecular formula is C18H19N. The van der Waals surface area contributed by atoms with Crippen LogP contribution in [0.5, 0.6) is 0 Å². The Labute approximate surface area is 115 Å². The molecule has 0 saturated carbocycles. The zero-order valence-electron chi connectivity index (χ0n) is 11.0. The molecule has 1 heteroatoms. The standard InChI is InChI=1S/C18H19N/c1-2-8-18-16-12-7-6-11-15(16)17(13-19-18)14-9-4-3-5-10-14/h2-7,9-12,17-19H,1,8,13H2/t17-,18-/m0/s1. The Morgan fingerprint density at radius 2 is 1.68 bits per heavy atom. The summed E-state index contributed by atoms with van der Waals surface area (Å²) in [5, 5.41) is 3.65. The lowest BCUT2D eigenvalue weighted by Gasteiger charge is -2.32. The van der Waals surface area contributed by atoms with Crippen LogP contribution < -0.4 is 5.32 Å². The Bertz CT molecular complexity index is 559. The third kappa shape index (κ3) is 2.34. The van der Waals surface area contributed by atoms with E-state index in [9.17, 15) is 0 Å². The van der Waals surface area contributed by atoms with Gasteiger partial charge in [-0.25, -0.2) is 0 Å². The Balaban J connectivity index is 2.01. The highest BCUT2D eigenvalue weighted by atomic mass is 14.9.